The fraction of sp³-hybridized carbons (Fsp3) is 0.500. The third-order valence-corrected chi connectivity index (χ3v) is 3.09. The summed E-state index contributed by atoms with van der Waals surface area (Å²) >= 11 is 0. The molecule has 1 amide bonds. The number of amides is 1. The number of pyridine rings is 1. The monoisotopic (exact) mass is 289 g/mol. The van der Waals surface area contributed by atoms with Crippen molar-refractivity contribution in [2.45, 2.75) is 25.1 Å². The molecule has 2 heterocycles. The molecule has 1 aliphatic rings. The molecule has 1 aliphatic heterocycles. The first-order valence-electron chi connectivity index (χ1n) is 5.95. The standard InChI is InChI=1S/C12H14F3N3O2/c1-11(4-5-20-6-11)18-10-7(9(16)19)2-3-8(17-10)12(13,14)15/h2-3H,4-6H2,1H3,(H2,16,19)(H,17,18). The van der Waals surface area contributed by atoms with Gasteiger partial charge in [0.15, 0.2) is 0 Å². The average Bonchev–Trinajstić information content (AvgIpc) is 2.74. The largest absolute Gasteiger partial charge is 0.433 e. The van der Waals surface area contributed by atoms with Gasteiger partial charge in [0.25, 0.3) is 5.91 Å². The van der Waals surface area contributed by atoms with Crippen LogP contribution in [0.15, 0.2) is 12.1 Å². The number of primary amides is 1. The summed E-state index contributed by atoms with van der Waals surface area (Å²) in [6.07, 6.45) is -3.98. The Morgan fingerprint density at radius 2 is 2.20 bits per heavy atom. The lowest BCUT2D eigenvalue weighted by Crippen LogP contribution is -2.36. The molecule has 20 heavy (non-hydrogen) atoms. The van der Waals surface area contributed by atoms with Crippen LogP contribution in [0.1, 0.15) is 29.4 Å². The Morgan fingerprint density at radius 1 is 1.50 bits per heavy atom. The van der Waals surface area contributed by atoms with Crippen molar-refractivity contribution in [1.29, 1.82) is 0 Å². The van der Waals surface area contributed by atoms with Crippen molar-refractivity contribution < 1.29 is 22.7 Å². The van der Waals surface area contributed by atoms with Crippen molar-refractivity contribution in [2.75, 3.05) is 18.5 Å². The summed E-state index contributed by atoms with van der Waals surface area (Å²) in [5.41, 5.74) is 3.44. The van der Waals surface area contributed by atoms with Crippen LogP contribution in [0.2, 0.25) is 0 Å². The number of alkyl halides is 3. The van der Waals surface area contributed by atoms with Crippen molar-refractivity contribution >= 4 is 11.7 Å². The molecule has 1 fully saturated rings. The lowest BCUT2D eigenvalue weighted by Gasteiger charge is -2.25. The summed E-state index contributed by atoms with van der Waals surface area (Å²) in [6, 6.07) is 1.76. The van der Waals surface area contributed by atoms with Crippen molar-refractivity contribution in [3.05, 3.63) is 23.4 Å². The maximum atomic E-state index is 12.7. The van der Waals surface area contributed by atoms with Gasteiger partial charge >= 0.3 is 6.18 Å². The summed E-state index contributed by atoms with van der Waals surface area (Å²) in [6.45, 7) is 2.60. The Balaban J connectivity index is 2.39. The second-order valence-electron chi connectivity index (χ2n) is 4.94. The first kappa shape index (κ1) is 14.6. The van der Waals surface area contributed by atoms with E-state index in [1.165, 1.54) is 0 Å². The number of anilines is 1. The minimum atomic E-state index is -4.58. The van der Waals surface area contributed by atoms with Gasteiger partial charge in [0.2, 0.25) is 0 Å². The highest BCUT2D eigenvalue weighted by Gasteiger charge is 2.35. The molecule has 0 spiro atoms. The molecule has 0 aliphatic carbocycles. The molecule has 1 saturated heterocycles. The number of carbonyl (C=O) groups excluding carboxylic acids is 1. The van der Waals surface area contributed by atoms with E-state index in [0.717, 1.165) is 12.1 Å². The van der Waals surface area contributed by atoms with Crippen molar-refractivity contribution in [3.63, 3.8) is 0 Å². The molecule has 1 aromatic rings. The van der Waals surface area contributed by atoms with E-state index < -0.39 is 23.3 Å². The lowest BCUT2D eigenvalue weighted by molar-refractivity contribution is -0.141. The number of ether oxygens (including phenoxy) is 1. The molecule has 1 atom stereocenters. The molecule has 0 bridgehead atoms. The molecular formula is C12H14F3N3O2. The van der Waals surface area contributed by atoms with Crippen LogP contribution in [0.5, 0.6) is 0 Å². The average molecular weight is 289 g/mol. The van der Waals surface area contributed by atoms with E-state index in [1.807, 2.05) is 0 Å². The number of rotatable bonds is 3. The number of carbonyl (C=O) groups is 1. The number of hydrogen-bond donors (Lipinski definition) is 2. The van der Waals surface area contributed by atoms with E-state index in [4.69, 9.17) is 10.5 Å². The maximum Gasteiger partial charge on any atom is 0.433 e. The molecule has 0 aromatic carbocycles. The van der Waals surface area contributed by atoms with E-state index in [-0.39, 0.29) is 11.4 Å². The third-order valence-electron chi connectivity index (χ3n) is 3.09. The molecule has 2 rings (SSSR count). The van der Waals surface area contributed by atoms with Crippen molar-refractivity contribution in [3.8, 4) is 0 Å². The lowest BCUT2D eigenvalue weighted by atomic mass is 10.0. The van der Waals surface area contributed by atoms with Crippen LogP contribution in [-0.2, 0) is 10.9 Å². The zero-order chi connectivity index (χ0) is 15.0. The summed E-state index contributed by atoms with van der Waals surface area (Å²) in [7, 11) is 0. The zero-order valence-electron chi connectivity index (χ0n) is 10.8. The highest BCUT2D eigenvalue weighted by atomic mass is 19.4. The van der Waals surface area contributed by atoms with Crippen LogP contribution in [0.4, 0.5) is 19.0 Å². The summed E-state index contributed by atoms with van der Waals surface area (Å²) in [5.74, 6) is -1.00. The zero-order valence-corrected chi connectivity index (χ0v) is 10.8. The van der Waals surface area contributed by atoms with Gasteiger partial charge in [0, 0.05) is 6.61 Å². The number of nitrogens with zero attached hydrogens (tertiary/aromatic N) is 1. The van der Waals surface area contributed by atoms with Gasteiger partial charge in [0.1, 0.15) is 11.5 Å². The smallest absolute Gasteiger partial charge is 0.379 e. The maximum absolute atomic E-state index is 12.7. The van der Waals surface area contributed by atoms with Crippen LogP contribution in [0.3, 0.4) is 0 Å². The van der Waals surface area contributed by atoms with E-state index in [2.05, 4.69) is 10.3 Å². The minimum Gasteiger partial charge on any atom is -0.379 e. The predicted molar refractivity (Wildman–Crippen MR) is 65.2 cm³/mol. The van der Waals surface area contributed by atoms with Crippen molar-refractivity contribution in [1.82, 2.24) is 4.98 Å². The molecule has 0 saturated carbocycles. The molecular weight excluding hydrogens is 275 g/mol. The summed E-state index contributed by atoms with van der Waals surface area (Å²) < 4.78 is 43.2. The van der Waals surface area contributed by atoms with E-state index in [9.17, 15) is 18.0 Å². The molecule has 5 nitrogen and oxygen atoms in total. The number of hydrogen-bond acceptors (Lipinski definition) is 4. The number of halogens is 3. The van der Waals surface area contributed by atoms with Crippen molar-refractivity contribution in [2.24, 2.45) is 5.73 Å². The van der Waals surface area contributed by atoms with Gasteiger partial charge < -0.3 is 15.8 Å². The fourth-order valence-electron chi connectivity index (χ4n) is 1.96. The van der Waals surface area contributed by atoms with Gasteiger partial charge in [-0.3, -0.25) is 4.79 Å². The first-order valence-corrected chi connectivity index (χ1v) is 5.95. The Kier molecular flexibility index (Phi) is 3.59. The highest BCUT2D eigenvalue weighted by molar-refractivity contribution is 5.97. The van der Waals surface area contributed by atoms with Crippen LogP contribution in [-0.4, -0.2) is 29.6 Å². The van der Waals surface area contributed by atoms with E-state index in [1.54, 1.807) is 6.92 Å². The number of nitrogens with one attached hydrogen (secondary N) is 1. The molecule has 3 N–H and O–H groups in total. The summed E-state index contributed by atoms with van der Waals surface area (Å²) in [5, 5.41) is 2.84. The minimum absolute atomic E-state index is 0.0777. The van der Waals surface area contributed by atoms with Gasteiger partial charge in [-0.15, -0.1) is 0 Å². The highest BCUT2D eigenvalue weighted by Crippen LogP contribution is 2.31. The molecule has 110 valence electrons. The third kappa shape index (κ3) is 3.01. The Labute approximate surface area is 113 Å². The molecule has 8 heteroatoms. The van der Waals surface area contributed by atoms with Crippen LogP contribution in [0.25, 0.3) is 0 Å². The first-order chi connectivity index (χ1) is 9.21. The topological polar surface area (TPSA) is 77.2 Å². The molecule has 1 unspecified atom stereocenters. The van der Waals surface area contributed by atoms with Gasteiger partial charge in [-0.05, 0) is 25.5 Å². The normalized spacial score (nSPS) is 22.8. The van der Waals surface area contributed by atoms with Crippen LogP contribution < -0.4 is 11.1 Å². The van der Waals surface area contributed by atoms with E-state index >= 15 is 0 Å². The van der Waals surface area contributed by atoms with Crippen LogP contribution >= 0.6 is 0 Å². The van der Waals surface area contributed by atoms with Gasteiger partial charge in [-0.25, -0.2) is 4.98 Å². The number of nitrogens with two attached hydrogens (primary N) is 1. The SMILES string of the molecule is CC1(Nc2nc(C(F)(F)F)ccc2C(N)=O)CCOC1. The number of aromatic nitrogens is 1. The van der Waals surface area contributed by atoms with Gasteiger partial charge in [-0.2, -0.15) is 13.2 Å². The Morgan fingerprint density at radius 3 is 2.70 bits per heavy atom. The van der Waals surface area contributed by atoms with E-state index in [0.29, 0.717) is 19.6 Å². The Hall–Kier alpha value is -1.83. The van der Waals surface area contributed by atoms with Gasteiger partial charge in [0.05, 0.1) is 17.7 Å². The predicted octanol–water partition coefficient (Wildman–Crippen LogP) is 1.79. The second-order valence-corrected chi connectivity index (χ2v) is 4.94. The molecule has 1 aromatic heterocycles. The van der Waals surface area contributed by atoms with Crippen LogP contribution in [0, 0.1) is 0 Å². The summed E-state index contributed by atoms with van der Waals surface area (Å²) in [4.78, 5) is 14.8. The quantitative estimate of drug-likeness (QED) is 0.889. The molecule has 0 radical (unpaired) electrons. The van der Waals surface area contributed by atoms with Gasteiger partial charge in [-0.1, -0.05) is 0 Å². The fourth-order valence-corrected chi connectivity index (χ4v) is 1.96. The second kappa shape index (κ2) is 4.93. The Bertz CT molecular complexity index is 525.